The average Bonchev–Trinajstić information content (AvgIpc) is 2.36. The van der Waals surface area contributed by atoms with Crippen LogP contribution in [0.25, 0.3) is 0 Å². The zero-order valence-electron chi connectivity index (χ0n) is 10.2. The molecule has 0 unspecified atom stereocenters. The maximum Gasteiger partial charge on any atom is 0.164 e. The van der Waals surface area contributed by atoms with E-state index in [1.807, 2.05) is 25.1 Å². The van der Waals surface area contributed by atoms with Gasteiger partial charge in [0.1, 0.15) is 6.61 Å². The summed E-state index contributed by atoms with van der Waals surface area (Å²) in [7, 11) is 1.62. The lowest BCUT2D eigenvalue weighted by molar-refractivity contribution is 0.316. The molecule has 0 radical (unpaired) electrons. The van der Waals surface area contributed by atoms with Crippen molar-refractivity contribution in [3.05, 3.63) is 34.9 Å². The lowest BCUT2D eigenvalue weighted by atomic mass is 10.1. The lowest BCUT2D eigenvalue weighted by Crippen LogP contribution is -2.07. The van der Waals surface area contributed by atoms with E-state index in [0.717, 1.165) is 29.1 Å². The molecule has 0 amide bonds. The highest BCUT2D eigenvalue weighted by atomic mass is 35.5. The second-order valence-corrected chi connectivity index (χ2v) is 3.95. The lowest BCUT2D eigenvalue weighted by Gasteiger charge is -2.14. The smallest absolute Gasteiger partial charge is 0.164 e. The second-order valence-electron chi connectivity index (χ2n) is 3.73. The zero-order chi connectivity index (χ0) is 12.7. The van der Waals surface area contributed by atoms with Crippen LogP contribution in [0.15, 0.2) is 29.3 Å². The van der Waals surface area contributed by atoms with Crippen LogP contribution in [0, 0.1) is 0 Å². The van der Waals surface area contributed by atoms with Gasteiger partial charge in [-0.1, -0.05) is 23.7 Å². The van der Waals surface area contributed by atoms with E-state index in [4.69, 9.17) is 26.8 Å². The molecule has 2 N–H and O–H groups in total. The Morgan fingerprint density at radius 1 is 1.47 bits per heavy atom. The predicted octanol–water partition coefficient (Wildman–Crippen LogP) is 2.72. The number of rotatable bonds is 6. The van der Waals surface area contributed by atoms with E-state index in [2.05, 4.69) is 0 Å². The molecule has 1 rings (SSSR count). The molecule has 4 heteroatoms. The molecular weight excluding hydrogens is 238 g/mol. The van der Waals surface area contributed by atoms with E-state index in [1.54, 1.807) is 7.11 Å². The topological polar surface area (TPSA) is 44.5 Å². The largest absolute Gasteiger partial charge is 0.493 e. The number of halogens is 1. The second kappa shape index (κ2) is 7.20. The highest BCUT2D eigenvalue weighted by molar-refractivity contribution is 6.25. The summed E-state index contributed by atoms with van der Waals surface area (Å²) in [5, 5.41) is 0. The van der Waals surface area contributed by atoms with E-state index in [0.29, 0.717) is 13.2 Å². The van der Waals surface area contributed by atoms with Gasteiger partial charge in [-0.3, -0.25) is 0 Å². The van der Waals surface area contributed by atoms with Crippen molar-refractivity contribution in [2.24, 2.45) is 5.73 Å². The number of methoxy groups -OCH3 is 1. The Labute approximate surface area is 107 Å². The van der Waals surface area contributed by atoms with Crippen molar-refractivity contribution in [2.75, 3.05) is 20.3 Å². The van der Waals surface area contributed by atoms with Gasteiger partial charge in [0, 0.05) is 5.54 Å². The van der Waals surface area contributed by atoms with Crippen LogP contribution in [0.2, 0.25) is 0 Å². The molecule has 0 atom stereocenters. The molecule has 0 saturated heterocycles. The first-order chi connectivity index (χ1) is 8.22. The van der Waals surface area contributed by atoms with Crippen LogP contribution < -0.4 is 15.2 Å². The van der Waals surface area contributed by atoms with Crippen LogP contribution in [0.3, 0.4) is 0 Å². The summed E-state index contributed by atoms with van der Waals surface area (Å²) in [4.78, 5) is 0. The molecule has 0 spiro atoms. The van der Waals surface area contributed by atoms with Gasteiger partial charge in [-0.05, 0) is 37.1 Å². The highest BCUT2D eigenvalue weighted by Crippen LogP contribution is 2.31. The molecule has 0 saturated carbocycles. The van der Waals surface area contributed by atoms with Gasteiger partial charge in [0.2, 0.25) is 0 Å². The first-order valence-electron chi connectivity index (χ1n) is 5.47. The van der Waals surface area contributed by atoms with Gasteiger partial charge in [0.05, 0.1) is 7.11 Å². The van der Waals surface area contributed by atoms with Crippen LogP contribution in [0.4, 0.5) is 0 Å². The fourth-order valence-electron chi connectivity index (χ4n) is 1.46. The Morgan fingerprint density at radius 2 is 2.24 bits per heavy atom. The van der Waals surface area contributed by atoms with Gasteiger partial charge in [-0.2, -0.15) is 0 Å². The molecule has 94 valence electrons. The normalized spacial score (nSPS) is 11.4. The first kappa shape index (κ1) is 13.9. The van der Waals surface area contributed by atoms with Crippen LogP contribution in [0.1, 0.15) is 12.5 Å². The number of benzene rings is 1. The number of hydrogen-bond acceptors (Lipinski definition) is 3. The average molecular weight is 256 g/mol. The van der Waals surface area contributed by atoms with Gasteiger partial charge in [-0.15, -0.1) is 0 Å². The standard InChI is InChI=1S/C13H18ClNO2/c1-10(8-14)9-17-13-11(6-7-15)4-3-5-12(13)16-2/h3-5,8H,6-7,9,15H2,1-2H3/b10-8+. The van der Waals surface area contributed by atoms with Gasteiger partial charge >= 0.3 is 0 Å². The summed E-state index contributed by atoms with van der Waals surface area (Å²) in [6.45, 7) is 2.93. The molecule has 0 bridgehead atoms. The number of ether oxygens (including phenoxy) is 2. The van der Waals surface area contributed by atoms with E-state index in [-0.39, 0.29) is 0 Å². The minimum atomic E-state index is 0.446. The molecule has 0 aliphatic heterocycles. The van der Waals surface area contributed by atoms with Gasteiger partial charge in [0.15, 0.2) is 11.5 Å². The summed E-state index contributed by atoms with van der Waals surface area (Å²) in [5.74, 6) is 1.47. The molecule has 0 heterocycles. The quantitative estimate of drug-likeness (QED) is 0.850. The van der Waals surface area contributed by atoms with Crippen molar-refractivity contribution in [2.45, 2.75) is 13.3 Å². The Morgan fingerprint density at radius 3 is 2.82 bits per heavy atom. The maximum absolute atomic E-state index is 5.73. The molecule has 1 aromatic rings. The van der Waals surface area contributed by atoms with Crippen LogP contribution in [-0.2, 0) is 6.42 Å². The number of nitrogens with two attached hydrogens (primary N) is 1. The van der Waals surface area contributed by atoms with E-state index >= 15 is 0 Å². The van der Waals surface area contributed by atoms with Crippen molar-refractivity contribution >= 4 is 11.6 Å². The Bertz CT molecular complexity index is 391. The summed E-state index contributed by atoms with van der Waals surface area (Å²) in [6, 6.07) is 5.79. The molecule has 0 aromatic heterocycles. The predicted molar refractivity (Wildman–Crippen MR) is 70.9 cm³/mol. The van der Waals surface area contributed by atoms with E-state index in [1.165, 1.54) is 5.54 Å². The first-order valence-corrected chi connectivity index (χ1v) is 5.91. The monoisotopic (exact) mass is 255 g/mol. The summed E-state index contributed by atoms with van der Waals surface area (Å²) in [6.07, 6.45) is 0.760. The molecule has 0 fully saturated rings. The number of para-hydroxylation sites is 1. The van der Waals surface area contributed by atoms with Crippen LogP contribution in [-0.4, -0.2) is 20.3 Å². The molecule has 17 heavy (non-hydrogen) atoms. The van der Waals surface area contributed by atoms with Crippen molar-refractivity contribution < 1.29 is 9.47 Å². The van der Waals surface area contributed by atoms with Crippen LogP contribution >= 0.6 is 11.6 Å². The van der Waals surface area contributed by atoms with E-state index < -0.39 is 0 Å². The van der Waals surface area contributed by atoms with Crippen molar-refractivity contribution in [1.82, 2.24) is 0 Å². The maximum atomic E-state index is 5.73. The van der Waals surface area contributed by atoms with E-state index in [9.17, 15) is 0 Å². The fourth-order valence-corrected chi connectivity index (χ4v) is 1.52. The summed E-state index contributed by atoms with van der Waals surface area (Å²) < 4.78 is 11.0. The van der Waals surface area contributed by atoms with Crippen molar-refractivity contribution in [3.8, 4) is 11.5 Å². The minimum absolute atomic E-state index is 0.446. The molecule has 1 aromatic carbocycles. The number of hydrogen-bond donors (Lipinski definition) is 1. The third-order valence-corrected chi connectivity index (χ3v) is 2.70. The third-order valence-electron chi connectivity index (χ3n) is 2.32. The third kappa shape index (κ3) is 3.95. The minimum Gasteiger partial charge on any atom is -0.493 e. The Hall–Kier alpha value is -1.19. The molecule has 0 aliphatic rings. The summed E-state index contributed by atoms with van der Waals surface area (Å²) >= 11 is 5.60. The fraction of sp³-hybridized carbons (Fsp3) is 0.385. The SMILES string of the molecule is COc1cccc(CCN)c1OC/C(C)=C/Cl. The molecular formula is C13H18ClNO2. The Balaban J connectivity index is 2.92. The summed E-state index contributed by atoms with van der Waals surface area (Å²) in [5.41, 5.74) is 9.09. The van der Waals surface area contributed by atoms with Crippen molar-refractivity contribution in [3.63, 3.8) is 0 Å². The zero-order valence-corrected chi connectivity index (χ0v) is 11.0. The molecule has 0 aliphatic carbocycles. The van der Waals surface area contributed by atoms with Gasteiger partial charge < -0.3 is 15.2 Å². The Kier molecular flexibility index (Phi) is 5.87. The van der Waals surface area contributed by atoms with Crippen molar-refractivity contribution in [1.29, 1.82) is 0 Å². The highest BCUT2D eigenvalue weighted by Gasteiger charge is 2.09. The van der Waals surface area contributed by atoms with Gasteiger partial charge in [0.25, 0.3) is 0 Å². The molecule has 3 nitrogen and oxygen atoms in total. The van der Waals surface area contributed by atoms with Gasteiger partial charge in [-0.25, -0.2) is 0 Å². The van der Waals surface area contributed by atoms with Crippen LogP contribution in [0.5, 0.6) is 11.5 Å².